The van der Waals surface area contributed by atoms with Gasteiger partial charge < -0.3 is 4.98 Å². The monoisotopic (exact) mass is 246 g/mol. The lowest BCUT2D eigenvalue weighted by atomic mass is 10.1. The molecule has 0 spiro atoms. The van der Waals surface area contributed by atoms with Gasteiger partial charge in [-0.05, 0) is 54.7 Å². The molecule has 2 atom stereocenters. The summed E-state index contributed by atoms with van der Waals surface area (Å²) >= 11 is 5.33. The van der Waals surface area contributed by atoms with Gasteiger partial charge in [-0.1, -0.05) is 12.2 Å². The van der Waals surface area contributed by atoms with Gasteiger partial charge in [-0.15, -0.1) is 0 Å². The highest BCUT2D eigenvalue weighted by molar-refractivity contribution is 7.71. The first-order valence-corrected chi connectivity index (χ1v) is 7.14. The van der Waals surface area contributed by atoms with Crippen LogP contribution in [-0.2, 0) is 6.54 Å². The molecule has 2 nitrogen and oxygen atoms in total. The Morgan fingerprint density at radius 1 is 1.24 bits per heavy atom. The molecule has 1 aromatic rings. The zero-order chi connectivity index (χ0) is 11.4. The molecule has 0 amide bonds. The number of fused-ring (bicyclic) bond motifs is 1. The highest BCUT2D eigenvalue weighted by Crippen LogP contribution is 2.45. The molecule has 0 bridgehead atoms. The molecule has 2 heterocycles. The average Bonchev–Trinajstić information content (AvgIpc) is 3.17. The predicted molar refractivity (Wildman–Crippen MR) is 70.5 cm³/mol. The van der Waals surface area contributed by atoms with Crippen LogP contribution < -0.4 is 0 Å². The van der Waals surface area contributed by atoms with Crippen LogP contribution in [0.25, 0.3) is 0 Å². The van der Waals surface area contributed by atoms with Gasteiger partial charge in [0.05, 0.1) is 0 Å². The number of likely N-dealkylation sites (tertiary alicyclic amines) is 1. The quantitative estimate of drug-likeness (QED) is 0.827. The zero-order valence-corrected chi connectivity index (χ0v) is 10.8. The van der Waals surface area contributed by atoms with E-state index in [0.717, 1.165) is 28.9 Å². The maximum atomic E-state index is 5.33. The van der Waals surface area contributed by atoms with Crippen LogP contribution in [0.4, 0.5) is 0 Å². The van der Waals surface area contributed by atoms with Crippen LogP contribution >= 0.6 is 12.2 Å². The van der Waals surface area contributed by atoms with Gasteiger partial charge in [-0.2, -0.15) is 0 Å². The third-order valence-electron chi connectivity index (χ3n) is 4.40. The van der Waals surface area contributed by atoms with Crippen molar-refractivity contribution in [3.05, 3.63) is 28.0 Å². The number of piperidine rings is 1. The van der Waals surface area contributed by atoms with Gasteiger partial charge in [0.25, 0.3) is 0 Å². The molecule has 4 rings (SSSR count). The van der Waals surface area contributed by atoms with E-state index in [-0.39, 0.29) is 0 Å². The lowest BCUT2D eigenvalue weighted by Crippen LogP contribution is -2.22. The molecule has 0 aromatic carbocycles. The molecule has 2 saturated carbocycles. The lowest BCUT2D eigenvalue weighted by Gasteiger charge is -2.17. The van der Waals surface area contributed by atoms with E-state index >= 15 is 0 Å². The van der Waals surface area contributed by atoms with Crippen LogP contribution in [0.3, 0.4) is 0 Å². The summed E-state index contributed by atoms with van der Waals surface area (Å²) in [5.41, 5.74) is 2.79. The van der Waals surface area contributed by atoms with Crippen LogP contribution in [0.5, 0.6) is 0 Å². The minimum atomic E-state index is 0.767. The summed E-state index contributed by atoms with van der Waals surface area (Å²) in [7, 11) is 0. The first kappa shape index (κ1) is 10.3. The summed E-state index contributed by atoms with van der Waals surface area (Å²) in [6.45, 7) is 3.73. The number of nitrogens with zero attached hydrogens (tertiary/aromatic N) is 1. The third-order valence-corrected chi connectivity index (χ3v) is 4.62. The standard InChI is InChI=1S/C14H18N2S/c17-14-4-9(3-13(15-14)10-1-2-10)6-16-7-11-5-12(11)8-16/h3-4,10-12H,1-2,5-8H2,(H,15,17). The van der Waals surface area contributed by atoms with Crippen molar-refractivity contribution in [2.45, 2.75) is 31.7 Å². The molecular formula is C14H18N2S. The molecule has 1 aliphatic heterocycles. The molecule has 17 heavy (non-hydrogen) atoms. The van der Waals surface area contributed by atoms with Gasteiger partial charge >= 0.3 is 0 Å². The second-order valence-corrected chi connectivity index (χ2v) is 6.47. The van der Waals surface area contributed by atoms with Crippen LogP contribution in [0.15, 0.2) is 12.1 Å². The van der Waals surface area contributed by atoms with Crippen molar-refractivity contribution in [1.82, 2.24) is 9.88 Å². The van der Waals surface area contributed by atoms with Crippen LogP contribution in [0.1, 0.15) is 36.4 Å². The molecule has 0 radical (unpaired) electrons. The van der Waals surface area contributed by atoms with Crippen molar-refractivity contribution < 1.29 is 0 Å². The molecule has 1 N–H and O–H groups in total. The summed E-state index contributed by atoms with van der Waals surface area (Å²) in [6, 6.07) is 4.49. The molecule has 90 valence electrons. The highest BCUT2D eigenvalue weighted by Gasteiger charge is 2.44. The lowest BCUT2D eigenvalue weighted by molar-refractivity contribution is 0.297. The number of aromatic amines is 1. The second-order valence-electron chi connectivity index (χ2n) is 6.03. The van der Waals surface area contributed by atoms with Crippen LogP contribution in [0, 0.1) is 16.5 Å². The normalized spacial score (nSPS) is 31.5. The van der Waals surface area contributed by atoms with E-state index in [9.17, 15) is 0 Å². The summed E-state index contributed by atoms with van der Waals surface area (Å²) in [6.07, 6.45) is 4.16. The van der Waals surface area contributed by atoms with Crippen LogP contribution in [-0.4, -0.2) is 23.0 Å². The number of hydrogen-bond acceptors (Lipinski definition) is 2. The molecule has 2 aliphatic carbocycles. The zero-order valence-electron chi connectivity index (χ0n) is 9.98. The van der Waals surface area contributed by atoms with Gasteiger partial charge in [-0.3, -0.25) is 4.90 Å². The van der Waals surface area contributed by atoms with E-state index in [1.165, 1.54) is 43.6 Å². The fraction of sp³-hybridized carbons (Fsp3) is 0.643. The van der Waals surface area contributed by atoms with Crippen molar-refractivity contribution in [1.29, 1.82) is 0 Å². The molecular weight excluding hydrogens is 228 g/mol. The van der Waals surface area contributed by atoms with E-state index in [2.05, 4.69) is 22.0 Å². The van der Waals surface area contributed by atoms with E-state index in [1.807, 2.05) is 0 Å². The van der Waals surface area contributed by atoms with E-state index in [1.54, 1.807) is 0 Å². The first-order chi connectivity index (χ1) is 8.28. The minimum Gasteiger partial charge on any atom is -0.350 e. The Hall–Kier alpha value is -0.670. The Kier molecular flexibility index (Phi) is 2.21. The van der Waals surface area contributed by atoms with Gasteiger partial charge in [-0.25, -0.2) is 0 Å². The first-order valence-electron chi connectivity index (χ1n) is 6.73. The number of rotatable bonds is 3. The number of aromatic nitrogens is 1. The Bertz CT molecular complexity index is 493. The topological polar surface area (TPSA) is 19.0 Å². The number of pyridine rings is 1. The smallest absolute Gasteiger partial charge is 0.103 e. The Morgan fingerprint density at radius 2 is 2.00 bits per heavy atom. The van der Waals surface area contributed by atoms with Crippen LogP contribution in [0.2, 0.25) is 0 Å². The fourth-order valence-electron chi connectivity index (χ4n) is 3.21. The van der Waals surface area contributed by atoms with Gasteiger partial charge in [0.1, 0.15) is 4.64 Å². The summed E-state index contributed by atoms with van der Waals surface area (Å²) in [4.78, 5) is 5.95. The van der Waals surface area contributed by atoms with Crippen molar-refractivity contribution in [2.24, 2.45) is 11.8 Å². The fourth-order valence-corrected chi connectivity index (χ4v) is 3.48. The number of nitrogens with one attached hydrogen (secondary N) is 1. The minimum absolute atomic E-state index is 0.767. The van der Waals surface area contributed by atoms with Crippen molar-refractivity contribution in [3.63, 3.8) is 0 Å². The van der Waals surface area contributed by atoms with E-state index in [4.69, 9.17) is 12.2 Å². The third kappa shape index (κ3) is 2.06. The molecule has 3 heteroatoms. The van der Waals surface area contributed by atoms with Gasteiger partial charge in [0, 0.05) is 25.3 Å². The van der Waals surface area contributed by atoms with Gasteiger partial charge in [0.15, 0.2) is 0 Å². The Balaban J connectivity index is 1.53. The molecule has 3 aliphatic rings. The average molecular weight is 246 g/mol. The summed E-state index contributed by atoms with van der Waals surface area (Å²) in [5.74, 6) is 2.82. The highest BCUT2D eigenvalue weighted by atomic mass is 32.1. The molecule has 1 saturated heterocycles. The van der Waals surface area contributed by atoms with Gasteiger partial charge in [0.2, 0.25) is 0 Å². The molecule has 2 unspecified atom stereocenters. The molecule has 3 fully saturated rings. The maximum Gasteiger partial charge on any atom is 0.103 e. The van der Waals surface area contributed by atoms with Crippen molar-refractivity contribution >= 4 is 12.2 Å². The Morgan fingerprint density at radius 3 is 2.71 bits per heavy atom. The summed E-state index contributed by atoms with van der Waals surface area (Å²) in [5, 5.41) is 0. The van der Waals surface area contributed by atoms with Crippen molar-refractivity contribution in [3.8, 4) is 0 Å². The molecule has 1 aromatic heterocycles. The SMILES string of the molecule is S=c1cc(CN2CC3CC3C2)cc(C2CC2)[nH]1. The second kappa shape index (κ2) is 3.66. The summed E-state index contributed by atoms with van der Waals surface area (Å²) < 4.78 is 0.911. The largest absolute Gasteiger partial charge is 0.350 e. The number of hydrogen-bond donors (Lipinski definition) is 1. The van der Waals surface area contributed by atoms with Crippen molar-refractivity contribution in [2.75, 3.05) is 13.1 Å². The van der Waals surface area contributed by atoms with E-state index < -0.39 is 0 Å². The maximum absolute atomic E-state index is 5.33. The number of H-pyrrole nitrogens is 1. The van der Waals surface area contributed by atoms with E-state index in [0.29, 0.717) is 0 Å². The predicted octanol–water partition coefficient (Wildman–Crippen LogP) is 3.07. The Labute approximate surface area is 107 Å².